The summed E-state index contributed by atoms with van der Waals surface area (Å²) < 4.78 is 25.9. The molecule has 4 aliphatic heterocycles. The SMILES string of the molecule is CC(C)=CCC[C@@]1(C)C=Cc2c(O)c3c(c(C(O)C4OC4(C)C)c2O1)OC1C(=CCC2C1[C@@H](C/C=C(/C)C(=O)O)OC2(C)C)C3=O. The first kappa shape index (κ1) is 32.5. The number of ketones is 1. The molecule has 0 saturated carbocycles. The number of ether oxygens (including phenoxy) is 4. The van der Waals surface area contributed by atoms with Crippen LogP contribution in [0, 0.1) is 11.8 Å². The average molecular weight is 635 g/mol. The Kier molecular flexibility index (Phi) is 7.85. The van der Waals surface area contributed by atoms with Crippen molar-refractivity contribution in [2.75, 3.05) is 0 Å². The van der Waals surface area contributed by atoms with Gasteiger partial charge in [0.25, 0.3) is 0 Å². The van der Waals surface area contributed by atoms with E-state index in [9.17, 15) is 24.9 Å². The molecule has 3 N–H and O–H groups in total. The molecule has 5 aliphatic rings. The minimum absolute atomic E-state index is 0.00458. The Labute approximate surface area is 270 Å². The summed E-state index contributed by atoms with van der Waals surface area (Å²) >= 11 is 0. The van der Waals surface area contributed by atoms with Crippen LogP contribution in [0.5, 0.6) is 17.2 Å². The number of carboxylic acid groups (broad SMARTS) is 1. The number of Topliss-reactive ketones (excluding diaryl/α,β-unsaturated/α-hetero) is 1. The number of benzene rings is 1. The van der Waals surface area contributed by atoms with E-state index in [-0.39, 0.29) is 46.0 Å². The molecule has 9 heteroatoms. The summed E-state index contributed by atoms with van der Waals surface area (Å²) in [6.45, 7) is 15.4. The van der Waals surface area contributed by atoms with E-state index in [1.54, 1.807) is 19.1 Å². The lowest BCUT2D eigenvalue weighted by Crippen LogP contribution is -2.46. The maximum atomic E-state index is 14.4. The van der Waals surface area contributed by atoms with Crippen LogP contribution in [-0.2, 0) is 14.3 Å². The maximum Gasteiger partial charge on any atom is 0.330 e. The molecule has 4 heterocycles. The van der Waals surface area contributed by atoms with E-state index in [0.717, 1.165) is 6.42 Å². The molecule has 46 heavy (non-hydrogen) atoms. The molecule has 6 rings (SSSR count). The van der Waals surface area contributed by atoms with Gasteiger partial charge in [-0.25, -0.2) is 4.79 Å². The van der Waals surface area contributed by atoms with E-state index in [4.69, 9.17) is 18.9 Å². The second kappa shape index (κ2) is 11.1. The third-order valence-corrected chi connectivity index (χ3v) is 10.4. The van der Waals surface area contributed by atoms with Gasteiger partial charge in [-0.2, -0.15) is 0 Å². The summed E-state index contributed by atoms with van der Waals surface area (Å²) in [5.41, 5.74) is 0.585. The zero-order chi connectivity index (χ0) is 33.5. The van der Waals surface area contributed by atoms with Crippen molar-refractivity contribution in [3.05, 3.63) is 57.7 Å². The smallest absolute Gasteiger partial charge is 0.330 e. The van der Waals surface area contributed by atoms with Gasteiger partial charge in [-0.3, -0.25) is 4.79 Å². The molecule has 7 atom stereocenters. The van der Waals surface area contributed by atoms with E-state index in [2.05, 4.69) is 6.08 Å². The largest absolute Gasteiger partial charge is 0.506 e. The number of fused-ring (bicyclic) bond motifs is 5. The standard InChI is InChI=1S/C37H46O9/c1-18(2)10-9-16-37(8)17-15-21-28(39)25-27(38)20-12-13-22-24(23(44-35(22,4)5)14-11-19(3)34(41)42)30(20)43-32(25)26(31(21)45-37)29(40)33-36(6,7)46-33/h10-12,15,17,22-24,29-30,33,39-40H,9,13-14,16H2,1-8H3,(H,41,42)/b19-11-/t22?,23-,24?,29?,30?,33?,37+/m1/s1. The highest BCUT2D eigenvalue weighted by Crippen LogP contribution is 2.59. The first-order valence-electron chi connectivity index (χ1n) is 16.3. The van der Waals surface area contributed by atoms with Gasteiger partial charge in [-0.15, -0.1) is 0 Å². The van der Waals surface area contributed by atoms with Crippen molar-refractivity contribution in [3.63, 3.8) is 0 Å². The number of carbonyl (C=O) groups is 2. The van der Waals surface area contributed by atoms with Crippen LogP contribution in [0.3, 0.4) is 0 Å². The lowest BCUT2D eigenvalue weighted by atomic mass is 9.68. The van der Waals surface area contributed by atoms with E-state index < -0.39 is 47.2 Å². The van der Waals surface area contributed by atoms with Gasteiger partial charge in [0.05, 0.1) is 28.4 Å². The highest BCUT2D eigenvalue weighted by molar-refractivity contribution is 6.15. The fourth-order valence-corrected chi connectivity index (χ4v) is 7.72. The molecule has 1 aliphatic carbocycles. The normalized spacial score (nSPS) is 32.1. The monoisotopic (exact) mass is 634 g/mol. The molecule has 248 valence electrons. The van der Waals surface area contributed by atoms with Gasteiger partial charge in [0.1, 0.15) is 46.7 Å². The van der Waals surface area contributed by atoms with Crippen LogP contribution in [0.2, 0.25) is 0 Å². The number of phenols is 1. The quantitative estimate of drug-likeness (QED) is 0.164. The van der Waals surface area contributed by atoms with Gasteiger partial charge in [-0.1, -0.05) is 23.8 Å². The second-order valence-corrected chi connectivity index (χ2v) is 15.0. The van der Waals surface area contributed by atoms with Crippen LogP contribution in [0.15, 0.2) is 41.0 Å². The molecule has 0 amide bonds. The number of hydrogen-bond acceptors (Lipinski definition) is 8. The predicted molar refractivity (Wildman–Crippen MR) is 172 cm³/mol. The third kappa shape index (κ3) is 5.40. The van der Waals surface area contributed by atoms with Gasteiger partial charge in [0, 0.05) is 23.0 Å². The van der Waals surface area contributed by atoms with Crippen LogP contribution in [0.25, 0.3) is 6.08 Å². The Hall–Kier alpha value is -3.40. The lowest BCUT2D eigenvalue weighted by molar-refractivity contribution is -0.132. The molecule has 2 saturated heterocycles. The Morgan fingerprint density at radius 2 is 1.76 bits per heavy atom. The number of aromatic hydroxyl groups is 1. The number of phenolic OH excluding ortho intramolecular Hbond substituents is 1. The van der Waals surface area contributed by atoms with Crippen molar-refractivity contribution in [1.29, 1.82) is 0 Å². The first-order chi connectivity index (χ1) is 21.5. The van der Waals surface area contributed by atoms with Crippen molar-refractivity contribution < 1.29 is 43.9 Å². The summed E-state index contributed by atoms with van der Waals surface area (Å²) in [5, 5.41) is 33.0. The third-order valence-electron chi connectivity index (χ3n) is 10.4. The van der Waals surface area contributed by atoms with Gasteiger partial charge in [0.2, 0.25) is 0 Å². The number of carbonyl (C=O) groups excluding carboxylic acids is 1. The molecule has 5 unspecified atom stereocenters. The number of aliphatic hydroxyl groups is 1. The van der Waals surface area contributed by atoms with Crippen molar-refractivity contribution in [1.82, 2.24) is 0 Å². The molecule has 9 nitrogen and oxygen atoms in total. The highest BCUT2D eigenvalue weighted by Gasteiger charge is 2.59. The van der Waals surface area contributed by atoms with Crippen LogP contribution in [-0.4, -0.2) is 62.2 Å². The molecule has 0 aromatic heterocycles. The minimum atomic E-state index is -1.20. The number of aliphatic hydroxyl groups excluding tert-OH is 1. The van der Waals surface area contributed by atoms with Crippen molar-refractivity contribution in [2.45, 2.75) is 122 Å². The highest BCUT2D eigenvalue weighted by atomic mass is 16.6. The summed E-state index contributed by atoms with van der Waals surface area (Å²) in [6.07, 6.45) is 8.77. The number of epoxide rings is 1. The number of rotatable bonds is 8. The summed E-state index contributed by atoms with van der Waals surface area (Å²) in [6, 6.07) is 0. The van der Waals surface area contributed by atoms with Crippen LogP contribution < -0.4 is 9.47 Å². The van der Waals surface area contributed by atoms with E-state index in [1.807, 2.05) is 60.6 Å². The predicted octanol–water partition coefficient (Wildman–Crippen LogP) is 6.62. The van der Waals surface area contributed by atoms with E-state index in [1.165, 1.54) is 5.57 Å². The van der Waals surface area contributed by atoms with Gasteiger partial charge in [0.15, 0.2) is 5.78 Å². The summed E-state index contributed by atoms with van der Waals surface area (Å²) in [5.74, 6) is -1.51. The second-order valence-electron chi connectivity index (χ2n) is 15.0. The van der Waals surface area contributed by atoms with Crippen molar-refractivity contribution >= 4 is 17.8 Å². The Morgan fingerprint density at radius 1 is 1.07 bits per heavy atom. The molecule has 0 spiro atoms. The van der Waals surface area contributed by atoms with E-state index in [0.29, 0.717) is 36.0 Å². The molecular formula is C37H46O9. The zero-order valence-electron chi connectivity index (χ0n) is 28.0. The van der Waals surface area contributed by atoms with Crippen LogP contribution >= 0.6 is 0 Å². The van der Waals surface area contributed by atoms with Gasteiger partial charge < -0.3 is 34.3 Å². The van der Waals surface area contributed by atoms with Crippen LogP contribution in [0.4, 0.5) is 0 Å². The molecule has 0 radical (unpaired) electrons. The number of hydrogen-bond donors (Lipinski definition) is 3. The fourth-order valence-electron chi connectivity index (χ4n) is 7.72. The fraction of sp³-hybridized carbons (Fsp3) is 0.568. The molecule has 0 bridgehead atoms. The Balaban J connectivity index is 1.47. The average Bonchev–Trinajstić information content (AvgIpc) is 3.52. The maximum absolute atomic E-state index is 14.4. The molecule has 2 fully saturated rings. The molecule has 1 aromatic rings. The van der Waals surface area contributed by atoms with Crippen molar-refractivity contribution in [3.8, 4) is 17.2 Å². The zero-order valence-corrected chi connectivity index (χ0v) is 28.0. The van der Waals surface area contributed by atoms with Crippen molar-refractivity contribution in [2.24, 2.45) is 11.8 Å². The first-order valence-corrected chi connectivity index (χ1v) is 16.3. The van der Waals surface area contributed by atoms with E-state index >= 15 is 0 Å². The Morgan fingerprint density at radius 3 is 2.39 bits per heavy atom. The summed E-state index contributed by atoms with van der Waals surface area (Å²) in [7, 11) is 0. The van der Waals surface area contributed by atoms with Crippen LogP contribution in [0.1, 0.15) is 109 Å². The van der Waals surface area contributed by atoms with Gasteiger partial charge >= 0.3 is 5.97 Å². The topological polar surface area (TPSA) is 135 Å². The number of carboxylic acids is 1. The lowest BCUT2D eigenvalue weighted by Gasteiger charge is -2.42. The van der Waals surface area contributed by atoms with Gasteiger partial charge in [-0.05, 0) is 93.2 Å². The number of aliphatic carboxylic acids is 1. The summed E-state index contributed by atoms with van der Waals surface area (Å²) in [4.78, 5) is 25.9. The number of allylic oxidation sites excluding steroid dienone is 3. The molecular weight excluding hydrogens is 588 g/mol. The molecule has 1 aromatic carbocycles. The Bertz CT molecular complexity index is 1600. The minimum Gasteiger partial charge on any atom is -0.506 e.